The maximum atomic E-state index is 16.7. The van der Waals surface area contributed by atoms with E-state index in [0.29, 0.717) is 0 Å². The van der Waals surface area contributed by atoms with Crippen molar-refractivity contribution in [3.8, 4) is 33.4 Å². The van der Waals surface area contributed by atoms with Crippen LogP contribution < -0.4 is 4.90 Å². The third kappa shape index (κ3) is 6.20. The van der Waals surface area contributed by atoms with Crippen molar-refractivity contribution in [1.29, 1.82) is 0 Å². The molecule has 0 atom stereocenters. The van der Waals surface area contributed by atoms with Crippen LogP contribution in [0.2, 0.25) is 0 Å². The maximum absolute atomic E-state index is 16.7. The number of anilines is 2. The smallest absolute Gasteiger partial charge is 0.420 e. The van der Waals surface area contributed by atoms with E-state index < -0.39 is 11.7 Å². The molecule has 0 unspecified atom stereocenters. The molecule has 0 saturated heterocycles. The van der Waals surface area contributed by atoms with Gasteiger partial charge < -0.3 is 4.74 Å². The molecule has 0 fully saturated rings. The Morgan fingerprint density at radius 3 is 1.20 bits per heavy atom. The molecule has 0 aromatic heterocycles. The highest BCUT2D eigenvalue weighted by Crippen LogP contribution is 2.61. The Hall–Kier alpha value is -9.31. The molecule has 0 aliphatic carbocycles. The number of hydrogen-bond acceptors (Lipinski definition) is 2. The molecule has 13 aromatic rings. The predicted octanol–water partition coefficient (Wildman–Crippen LogP) is 18.0. The Balaban J connectivity index is 1.31. The van der Waals surface area contributed by atoms with Crippen molar-refractivity contribution in [2.45, 2.75) is 5.60 Å². The molecule has 0 saturated carbocycles. The zero-order chi connectivity index (χ0) is 47.0. The van der Waals surface area contributed by atoms with E-state index in [9.17, 15) is 0 Å². The summed E-state index contributed by atoms with van der Waals surface area (Å²) in [6, 6.07) is 94.0. The van der Waals surface area contributed by atoms with Crippen LogP contribution in [0.1, 0.15) is 16.7 Å². The highest BCUT2D eigenvalue weighted by atomic mass is 16.6. The van der Waals surface area contributed by atoms with Gasteiger partial charge >= 0.3 is 6.09 Å². The van der Waals surface area contributed by atoms with Crippen LogP contribution in [-0.2, 0) is 10.3 Å². The summed E-state index contributed by atoms with van der Waals surface area (Å²) in [6.07, 6.45) is -0.491. The SMILES string of the molecule is O=C1OC(c2cccc3ccccc23)(c2cccc3ccccc23)c2c(-c3cccc4ccccc34)[c]c(-c3cccc4ccccc34)c(-c3cccc4ccccc34)c2N1c1cccc2ccccc12. The van der Waals surface area contributed by atoms with E-state index in [-0.39, 0.29) is 0 Å². The minimum Gasteiger partial charge on any atom is -0.427 e. The van der Waals surface area contributed by atoms with Gasteiger partial charge in [0.15, 0.2) is 5.60 Å². The molecule has 1 heterocycles. The first-order valence-electron chi connectivity index (χ1n) is 24.2. The van der Waals surface area contributed by atoms with Gasteiger partial charge in [-0.05, 0) is 88.1 Å². The molecular formula is C68H42NO2. The molecule has 1 aliphatic heterocycles. The van der Waals surface area contributed by atoms with Crippen molar-refractivity contribution in [1.82, 2.24) is 0 Å². The second-order valence-electron chi connectivity index (χ2n) is 18.5. The fourth-order valence-electron chi connectivity index (χ4n) is 11.7. The number of amides is 1. The van der Waals surface area contributed by atoms with Crippen LogP contribution in [0, 0.1) is 6.07 Å². The zero-order valence-corrected chi connectivity index (χ0v) is 38.5. The van der Waals surface area contributed by atoms with Gasteiger partial charge in [-0.25, -0.2) is 9.69 Å². The Morgan fingerprint density at radius 1 is 0.338 bits per heavy atom. The third-order valence-corrected chi connectivity index (χ3v) is 14.7. The van der Waals surface area contributed by atoms with Gasteiger partial charge in [0.2, 0.25) is 0 Å². The van der Waals surface area contributed by atoms with Crippen LogP contribution in [0.15, 0.2) is 255 Å². The minimum absolute atomic E-state index is 0.491. The molecule has 13 aromatic carbocycles. The van der Waals surface area contributed by atoms with Gasteiger partial charge in [0.05, 0.1) is 11.4 Å². The topological polar surface area (TPSA) is 29.5 Å². The first kappa shape index (κ1) is 40.7. The summed E-state index contributed by atoms with van der Waals surface area (Å²) >= 11 is 0. The van der Waals surface area contributed by atoms with Crippen LogP contribution >= 0.6 is 0 Å². The number of nitrogens with zero attached hydrogens (tertiary/aromatic N) is 1. The number of carbonyl (C=O) groups excluding carboxylic acids is 1. The van der Waals surface area contributed by atoms with E-state index in [1.165, 1.54) is 0 Å². The molecule has 0 N–H and O–H groups in total. The summed E-state index contributed by atoms with van der Waals surface area (Å²) in [6.45, 7) is 0. The van der Waals surface area contributed by atoms with E-state index in [1.807, 2.05) is 23.1 Å². The minimum atomic E-state index is -1.56. The fourth-order valence-corrected chi connectivity index (χ4v) is 11.7. The Bertz CT molecular complexity index is 4210. The van der Waals surface area contributed by atoms with Gasteiger partial charge in [0.25, 0.3) is 0 Å². The van der Waals surface area contributed by atoms with Gasteiger partial charge in [-0.1, -0.05) is 249 Å². The zero-order valence-electron chi connectivity index (χ0n) is 38.5. The second-order valence-corrected chi connectivity index (χ2v) is 18.5. The average Bonchev–Trinajstić information content (AvgIpc) is 3.44. The van der Waals surface area contributed by atoms with E-state index >= 15 is 4.79 Å². The number of benzene rings is 13. The van der Waals surface area contributed by atoms with Gasteiger partial charge in [-0.3, -0.25) is 0 Å². The van der Waals surface area contributed by atoms with Gasteiger partial charge in [-0.15, -0.1) is 0 Å². The number of hydrogen-bond donors (Lipinski definition) is 0. The van der Waals surface area contributed by atoms with Crippen LogP contribution in [0.5, 0.6) is 0 Å². The number of carbonyl (C=O) groups is 1. The highest BCUT2D eigenvalue weighted by molar-refractivity contribution is 6.19. The lowest BCUT2D eigenvalue weighted by molar-refractivity contribution is 0.0711. The highest BCUT2D eigenvalue weighted by Gasteiger charge is 2.53. The van der Waals surface area contributed by atoms with Gasteiger partial charge in [0.1, 0.15) is 0 Å². The lowest BCUT2D eigenvalue weighted by Gasteiger charge is -2.46. The summed E-state index contributed by atoms with van der Waals surface area (Å²) in [4.78, 5) is 18.6. The van der Waals surface area contributed by atoms with Crippen molar-refractivity contribution < 1.29 is 9.53 Å². The first-order chi connectivity index (χ1) is 35.2. The Kier molecular flexibility index (Phi) is 9.27. The molecule has 1 aliphatic rings. The van der Waals surface area contributed by atoms with Gasteiger partial charge in [0, 0.05) is 38.8 Å². The van der Waals surface area contributed by atoms with E-state index in [0.717, 1.165) is 126 Å². The third-order valence-electron chi connectivity index (χ3n) is 14.7. The van der Waals surface area contributed by atoms with Crippen molar-refractivity contribution in [3.63, 3.8) is 0 Å². The van der Waals surface area contributed by atoms with Crippen LogP contribution in [0.25, 0.3) is 98.0 Å². The molecule has 3 nitrogen and oxygen atoms in total. The largest absolute Gasteiger partial charge is 0.427 e. The van der Waals surface area contributed by atoms with Gasteiger partial charge in [-0.2, -0.15) is 0 Å². The Morgan fingerprint density at radius 2 is 0.690 bits per heavy atom. The quantitative estimate of drug-likeness (QED) is 0.166. The molecule has 3 heteroatoms. The molecule has 71 heavy (non-hydrogen) atoms. The summed E-state index contributed by atoms with van der Waals surface area (Å²) in [5.74, 6) is 0. The summed E-state index contributed by atoms with van der Waals surface area (Å²) in [5.41, 5.74) is 7.99. The van der Waals surface area contributed by atoms with E-state index in [4.69, 9.17) is 4.74 Å². The molecule has 14 rings (SSSR count). The van der Waals surface area contributed by atoms with E-state index in [1.54, 1.807) is 0 Å². The van der Waals surface area contributed by atoms with Crippen molar-refractivity contribution in [3.05, 3.63) is 278 Å². The number of rotatable bonds is 6. The summed E-state index contributed by atoms with van der Waals surface area (Å²) < 4.78 is 7.74. The molecule has 1 radical (unpaired) electrons. The number of fused-ring (bicyclic) bond motifs is 7. The lowest BCUT2D eigenvalue weighted by atomic mass is 9.70. The molecule has 0 bridgehead atoms. The molecular weight excluding hydrogens is 863 g/mol. The number of cyclic esters (lactones) is 1. The standard InChI is InChI=1S/C68H42NO2/c70-67-69(63-42-18-30-49-24-6-12-36-55(49)63)66-64(58-39-15-27-46-21-3-9-33-52(46)58)59(56-37-13-25-44-19-1-7-31-50(44)56)43-60(57-38-14-26-45-20-2-8-32-51(45)57)65(66)68(71-67,61-40-16-28-47-22-4-10-34-53(47)61)62-41-17-29-48-23-5-11-35-54(48)62/h1-42H. The predicted molar refractivity (Wildman–Crippen MR) is 294 cm³/mol. The second kappa shape index (κ2) is 16.2. The van der Waals surface area contributed by atoms with Crippen LogP contribution in [0.3, 0.4) is 0 Å². The van der Waals surface area contributed by atoms with Crippen LogP contribution in [0.4, 0.5) is 16.2 Å². The van der Waals surface area contributed by atoms with E-state index in [2.05, 4.69) is 243 Å². The molecule has 0 spiro atoms. The molecule has 1 amide bonds. The van der Waals surface area contributed by atoms with Crippen molar-refractivity contribution in [2.75, 3.05) is 4.90 Å². The molecule has 331 valence electrons. The first-order valence-corrected chi connectivity index (χ1v) is 24.2. The summed E-state index contributed by atoms with van der Waals surface area (Å²) in [5, 5.41) is 12.5. The summed E-state index contributed by atoms with van der Waals surface area (Å²) in [7, 11) is 0. The van der Waals surface area contributed by atoms with Crippen molar-refractivity contribution in [2.24, 2.45) is 0 Å². The average molecular weight is 905 g/mol. The van der Waals surface area contributed by atoms with Crippen molar-refractivity contribution >= 4 is 82.1 Å². The number of ether oxygens (including phenoxy) is 1. The van der Waals surface area contributed by atoms with Crippen LogP contribution in [-0.4, -0.2) is 6.09 Å². The maximum Gasteiger partial charge on any atom is 0.420 e. The lowest BCUT2D eigenvalue weighted by Crippen LogP contribution is -2.46. The fraction of sp³-hybridized carbons (Fsp3) is 0.0147. The Labute approximate surface area is 411 Å². The normalized spacial score (nSPS) is 13.3. The monoisotopic (exact) mass is 904 g/mol.